The molecule has 262 valence electrons. The Morgan fingerprint density at radius 3 is 2.42 bits per heavy atom. The van der Waals surface area contributed by atoms with E-state index in [1.165, 1.54) is 11.8 Å². The molecule has 3 aromatic carbocycles. The summed E-state index contributed by atoms with van der Waals surface area (Å²) in [4.78, 5) is 56.3. The van der Waals surface area contributed by atoms with Gasteiger partial charge in [0.15, 0.2) is 11.8 Å². The standard InChI is InChI=1S/C38H43N3O8Si/c1-22-36(50(4,5)29-13-11-28(47-3)12-14-29)32(18-33(44)40-20-25-9-7-6-8-24(25)16-27(40)21-42)49-38(22)30-17-26(10-15-31(30)39-37(38)46)41-34(45)19-35(41)48-23(2)43/h6-15,17,22,27,32,35-36,42H,16,18-21H2,1-5H3,(H,39,46)/t22-,27-,32+,35?,36-,38+/m0/s1. The molecule has 2 N–H and O–H groups in total. The minimum atomic E-state index is -2.53. The van der Waals surface area contributed by atoms with Gasteiger partial charge in [-0.15, -0.1) is 0 Å². The summed E-state index contributed by atoms with van der Waals surface area (Å²) in [6.45, 7) is 8.04. The third-order valence-electron chi connectivity index (χ3n) is 11.3. The molecule has 3 aromatic rings. The number of ether oxygens (including phenoxy) is 3. The van der Waals surface area contributed by atoms with Crippen LogP contribution in [-0.4, -0.2) is 73.9 Å². The number of rotatable bonds is 8. The highest BCUT2D eigenvalue weighted by atomic mass is 28.3. The van der Waals surface area contributed by atoms with Crippen LogP contribution < -0.4 is 20.1 Å². The van der Waals surface area contributed by atoms with Gasteiger partial charge >= 0.3 is 5.97 Å². The lowest BCUT2D eigenvalue weighted by atomic mass is 9.82. The molecule has 1 unspecified atom stereocenters. The minimum absolute atomic E-state index is 0.0312. The van der Waals surface area contributed by atoms with Crippen LogP contribution in [0, 0.1) is 5.92 Å². The van der Waals surface area contributed by atoms with E-state index in [-0.39, 0.29) is 54.7 Å². The molecule has 4 aliphatic rings. The lowest BCUT2D eigenvalue weighted by Crippen LogP contribution is -2.55. The Labute approximate surface area is 292 Å². The SMILES string of the molecule is COc1ccc([Si](C)(C)[C@@H]2[C@@H](CC(=O)N3Cc4ccccc4C[C@H]3CO)O[C@]3(C(=O)Nc4ccc(N5C(=O)CC5OC(C)=O)cc43)[C@H]2C)cc1. The highest BCUT2D eigenvalue weighted by Crippen LogP contribution is 2.59. The quantitative estimate of drug-likeness (QED) is 0.206. The maximum Gasteiger partial charge on any atom is 0.304 e. The maximum atomic E-state index is 14.4. The van der Waals surface area contributed by atoms with Crippen LogP contribution in [0.15, 0.2) is 66.7 Å². The first-order valence-corrected chi connectivity index (χ1v) is 20.2. The fourth-order valence-electron chi connectivity index (χ4n) is 8.79. The predicted octanol–water partition coefficient (Wildman–Crippen LogP) is 3.83. The number of benzene rings is 3. The number of nitrogens with one attached hydrogen (secondary N) is 1. The van der Waals surface area contributed by atoms with E-state index in [0.29, 0.717) is 29.9 Å². The first-order chi connectivity index (χ1) is 23.9. The third-order valence-corrected chi connectivity index (χ3v) is 15.7. The van der Waals surface area contributed by atoms with Crippen molar-refractivity contribution in [3.63, 3.8) is 0 Å². The number of hydrogen-bond acceptors (Lipinski definition) is 8. The van der Waals surface area contributed by atoms with Gasteiger partial charge in [0, 0.05) is 36.3 Å². The molecule has 12 heteroatoms. The Kier molecular flexibility index (Phi) is 8.60. The second-order valence-corrected chi connectivity index (χ2v) is 19.1. The van der Waals surface area contributed by atoms with E-state index in [9.17, 15) is 24.3 Å². The number of aliphatic hydroxyl groups excluding tert-OH is 1. The fourth-order valence-corrected chi connectivity index (χ4v) is 12.8. The van der Waals surface area contributed by atoms with E-state index in [2.05, 4.69) is 30.5 Å². The van der Waals surface area contributed by atoms with Crippen LogP contribution in [-0.2, 0) is 47.2 Å². The molecule has 4 heterocycles. The van der Waals surface area contributed by atoms with Gasteiger partial charge in [0.2, 0.25) is 11.8 Å². The summed E-state index contributed by atoms with van der Waals surface area (Å²) < 4.78 is 17.8. The highest BCUT2D eigenvalue weighted by Gasteiger charge is 2.65. The zero-order valence-corrected chi connectivity index (χ0v) is 30.0. The average molecular weight is 698 g/mol. The zero-order chi connectivity index (χ0) is 35.5. The van der Waals surface area contributed by atoms with Crippen LogP contribution in [0.25, 0.3) is 0 Å². The van der Waals surface area contributed by atoms with Crippen LogP contribution in [0.4, 0.5) is 11.4 Å². The number of anilines is 2. The molecule has 0 bridgehead atoms. The van der Waals surface area contributed by atoms with E-state index >= 15 is 0 Å². The van der Waals surface area contributed by atoms with Crippen LogP contribution in [0.3, 0.4) is 0 Å². The molecule has 0 saturated carbocycles. The van der Waals surface area contributed by atoms with Gasteiger partial charge in [0.1, 0.15) is 5.75 Å². The number of β-lactam (4-membered cyclic amide) rings is 1. The second kappa shape index (κ2) is 12.7. The summed E-state index contributed by atoms with van der Waals surface area (Å²) in [5.41, 5.74) is 2.21. The number of carbonyl (C=O) groups is 4. The summed E-state index contributed by atoms with van der Waals surface area (Å²) in [5.74, 6) is -0.770. The number of esters is 1. The molecule has 3 amide bonds. The summed E-state index contributed by atoms with van der Waals surface area (Å²) in [6.07, 6.45) is -0.687. The predicted molar refractivity (Wildman–Crippen MR) is 188 cm³/mol. The number of carbonyl (C=O) groups excluding carboxylic acids is 4. The Hall–Kier alpha value is -4.52. The number of hydrogen-bond donors (Lipinski definition) is 2. The molecule has 0 aliphatic carbocycles. The van der Waals surface area contributed by atoms with E-state index in [1.807, 2.05) is 43.3 Å². The molecule has 6 atom stereocenters. The van der Waals surface area contributed by atoms with Gasteiger partial charge < -0.3 is 29.5 Å². The monoisotopic (exact) mass is 697 g/mol. The van der Waals surface area contributed by atoms with E-state index in [0.717, 1.165) is 22.1 Å². The van der Waals surface area contributed by atoms with Crippen molar-refractivity contribution in [2.24, 2.45) is 5.92 Å². The van der Waals surface area contributed by atoms with E-state index in [4.69, 9.17) is 14.2 Å². The van der Waals surface area contributed by atoms with Gasteiger partial charge in [-0.3, -0.25) is 24.1 Å². The largest absolute Gasteiger partial charge is 0.497 e. The van der Waals surface area contributed by atoms with Gasteiger partial charge in [-0.05, 0) is 53.4 Å². The number of amides is 3. The molecule has 11 nitrogen and oxygen atoms in total. The van der Waals surface area contributed by atoms with Gasteiger partial charge in [-0.25, -0.2) is 0 Å². The van der Waals surface area contributed by atoms with Gasteiger partial charge in [-0.1, -0.05) is 61.6 Å². The van der Waals surface area contributed by atoms with Crippen molar-refractivity contribution in [2.45, 2.75) is 82.3 Å². The van der Waals surface area contributed by atoms with Crippen molar-refractivity contribution < 1.29 is 38.5 Å². The maximum absolute atomic E-state index is 14.4. The van der Waals surface area contributed by atoms with Crippen molar-refractivity contribution in [3.8, 4) is 5.75 Å². The second-order valence-electron chi connectivity index (χ2n) is 14.4. The number of aliphatic hydroxyl groups is 1. The number of methoxy groups -OCH3 is 1. The van der Waals surface area contributed by atoms with Gasteiger partial charge in [-0.2, -0.15) is 0 Å². The Balaban J connectivity index is 1.28. The molecule has 1 spiro atoms. The normalized spacial score (nSPS) is 27.0. The zero-order valence-electron chi connectivity index (χ0n) is 29.0. The van der Waals surface area contributed by atoms with Crippen molar-refractivity contribution in [1.82, 2.24) is 4.90 Å². The van der Waals surface area contributed by atoms with Gasteiger partial charge in [0.25, 0.3) is 5.91 Å². The first kappa shape index (κ1) is 33.9. The van der Waals surface area contributed by atoms with Crippen LogP contribution >= 0.6 is 0 Å². The Morgan fingerprint density at radius 1 is 1.04 bits per heavy atom. The molecule has 0 radical (unpaired) electrons. The lowest BCUT2D eigenvalue weighted by molar-refractivity contribution is -0.154. The lowest BCUT2D eigenvalue weighted by Gasteiger charge is -2.39. The van der Waals surface area contributed by atoms with Crippen LogP contribution in [0.5, 0.6) is 5.75 Å². The number of nitrogens with zero attached hydrogens (tertiary/aromatic N) is 2. The van der Waals surface area contributed by atoms with Crippen LogP contribution in [0.1, 0.15) is 43.4 Å². The molecular weight excluding hydrogens is 655 g/mol. The highest BCUT2D eigenvalue weighted by molar-refractivity contribution is 6.91. The summed E-state index contributed by atoms with van der Waals surface area (Å²) in [5, 5.41) is 14.5. The molecule has 4 aliphatic heterocycles. The summed E-state index contributed by atoms with van der Waals surface area (Å²) >= 11 is 0. The fraction of sp³-hybridized carbons (Fsp3) is 0.421. The summed E-state index contributed by atoms with van der Waals surface area (Å²) in [6, 6.07) is 20.9. The summed E-state index contributed by atoms with van der Waals surface area (Å²) in [7, 11) is -0.900. The van der Waals surface area contributed by atoms with Crippen molar-refractivity contribution in [2.75, 3.05) is 23.9 Å². The molecule has 7 rings (SSSR count). The molecule has 2 saturated heterocycles. The topological polar surface area (TPSA) is 135 Å². The third kappa shape index (κ3) is 5.40. The van der Waals surface area contributed by atoms with Gasteiger partial charge in [0.05, 0.1) is 46.8 Å². The molecular formula is C38H43N3O8Si. The van der Waals surface area contributed by atoms with E-state index in [1.54, 1.807) is 30.2 Å². The first-order valence-electron chi connectivity index (χ1n) is 17.1. The average Bonchev–Trinajstić information content (AvgIpc) is 3.55. The molecule has 2 fully saturated rings. The van der Waals surface area contributed by atoms with E-state index < -0.39 is 32.0 Å². The molecule has 50 heavy (non-hydrogen) atoms. The van der Waals surface area contributed by atoms with Crippen molar-refractivity contribution in [3.05, 3.63) is 83.4 Å². The smallest absolute Gasteiger partial charge is 0.304 e. The van der Waals surface area contributed by atoms with Crippen molar-refractivity contribution >= 4 is 48.3 Å². The van der Waals surface area contributed by atoms with Crippen LogP contribution in [0.2, 0.25) is 18.6 Å². The number of fused-ring (bicyclic) bond motifs is 3. The minimum Gasteiger partial charge on any atom is -0.497 e. The van der Waals surface area contributed by atoms with Crippen molar-refractivity contribution in [1.29, 1.82) is 0 Å². The molecule has 0 aromatic heterocycles. The Morgan fingerprint density at radius 2 is 1.76 bits per heavy atom. The Bertz CT molecular complexity index is 1860.